The summed E-state index contributed by atoms with van der Waals surface area (Å²) in [6, 6.07) is 3.28. The molecule has 0 spiro atoms. The average molecular weight is 226 g/mol. The highest BCUT2D eigenvalue weighted by atomic mass is 19.1. The molecule has 0 unspecified atom stereocenters. The van der Waals surface area contributed by atoms with Crippen LogP contribution in [0.4, 0.5) is 8.78 Å². The first-order valence-corrected chi connectivity index (χ1v) is 5.81. The van der Waals surface area contributed by atoms with Gasteiger partial charge in [0, 0.05) is 6.07 Å². The SMILES string of the molecule is O[C@H](c1cc(F)cc(F)c1)C1CCCCC1. The molecule has 0 saturated heterocycles. The minimum Gasteiger partial charge on any atom is -0.388 e. The van der Waals surface area contributed by atoms with Gasteiger partial charge in [0.15, 0.2) is 0 Å². The van der Waals surface area contributed by atoms with Crippen molar-refractivity contribution in [3.8, 4) is 0 Å². The molecule has 88 valence electrons. The molecule has 1 saturated carbocycles. The molecule has 1 aliphatic rings. The highest BCUT2D eigenvalue weighted by Crippen LogP contribution is 2.34. The molecule has 1 atom stereocenters. The summed E-state index contributed by atoms with van der Waals surface area (Å²) in [6.45, 7) is 0. The first kappa shape index (κ1) is 11.5. The predicted molar refractivity (Wildman–Crippen MR) is 57.9 cm³/mol. The number of rotatable bonds is 2. The fourth-order valence-corrected chi connectivity index (χ4v) is 2.47. The van der Waals surface area contributed by atoms with Crippen LogP contribution in [0.2, 0.25) is 0 Å². The van der Waals surface area contributed by atoms with Gasteiger partial charge in [0.05, 0.1) is 6.10 Å². The normalized spacial score (nSPS) is 19.7. The molecular weight excluding hydrogens is 210 g/mol. The fraction of sp³-hybridized carbons (Fsp3) is 0.538. The molecule has 16 heavy (non-hydrogen) atoms. The van der Waals surface area contributed by atoms with Crippen LogP contribution in [0, 0.1) is 17.6 Å². The number of halogens is 2. The first-order chi connectivity index (χ1) is 7.66. The Morgan fingerprint density at radius 2 is 1.56 bits per heavy atom. The van der Waals surface area contributed by atoms with Gasteiger partial charge in [0.2, 0.25) is 0 Å². The number of hydrogen-bond acceptors (Lipinski definition) is 1. The molecule has 0 aromatic heterocycles. The van der Waals surface area contributed by atoms with Gasteiger partial charge in [-0.05, 0) is 36.5 Å². The lowest BCUT2D eigenvalue weighted by atomic mass is 9.83. The molecule has 1 nitrogen and oxygen atoms in total. The summed E-state index contributed by atoms with van der Waals surface area (Å²) < 4.78 is 26.0. The van der Waals surface area contributed by atoms with Gasteiger partial charge >= 0.3 is 0 Å². The molecule has 1 aliphatic carbocycles. The van der Waals surface area contributed by atoms with E-state index in [1.807, 2.05) is 0 Å². The van der Waals surface area contributed by atoms with Gasteiger partial charge in [-0.3, -0.25) is 0 Å². The lowest BCUT2D eigenvalue weighted by Gasteiger charge is -2.26. The Morgan fingerprint density at radius 3 is 2.12 bits per heavy atom. The summed E-state index contributed by atoms with van der Waals surface area (Å²) in [4.78, 5) is 0. The molecule has 0 aliphatic heterocycles. The van der Waals surface area contributed by atoms with Crippen molar-refractivity contribution < 1.29 is 13.9 Å². The third-order valence-electron chi connectivity index (χ3n) is 3.32. The van der Waals surface area contributed by atoms with Gasteiger partial charge in [-0.1, -0.05) is 19.3 Å². The summed E-state index contributed by atoms with van der Waals surface area (Å²) >= 11 is 0. The van der Waals surface area contributed by atoms with E-state index in [9.17, 15) is 13.9 Å². The Hall–Kier alpha value is -0.960. The summed E-state index contributed by atoms with van der Waals surface area (Å²) in [6.07, 6.45) is 4.55. The Kier molecular flexibility index (Phi) is 3.54. The van der Waals surface area contributed by atoms with Crippen molar-refractivity contribution in [1.82, 2.24) is 0 Å². The van der Waals surface area contributed by atoms with Gasteiger partial charge in [-0.25, -0.2) is 8.78 Å². The Morgan fingerprint density at radius 1 is 1.00 bits per heavy atom. The van der Waals surface area contributed by atoms with E-state index in [2.05, 4.69) is 0 Å². The molecule has 0 radical (unpaired) electrons. The van der Waals surface area contributed by atoms with Crippen LogP contribution >= 0.6 is 0 Å². The van der Waals surface area contributed by atoms with Crippen molar-refractivity contribution in [3.05, 3.63) is 35.4 Å². The molecule has 1 aromatic carbocycles. The van der Waals surface area contributed by atoms with E-state index < -0.39 is 17.7 Å². The van der Waals surface area contributed by atoms with E-state index in [-0.39, 0.29) is 5.92 Å². The number of hydrogen-bond donors (Lipinski definition) is 1. The van der Waals surface area contributed by atoms with Crippen molar-refractivity contribution in [2.24, 2.45) is 5.92 Å². The Labute approximate surface area is 94.1 Å². The summed E-state index contributed by atoms with van der Waals surface area (Å²) in [5, 5.41) is 10.1. The predicted octanol–water partition coefficient (Wildman–Crippen LogP) is 3.58. The minimum absolute atomic E-state index is 0.148. The van der Waals surface area contributed by atoms with Gasteiger partial charge in [-0.2, -0.15) is 0 Å². The Bertz CT molecular complexity index is 339. The zero-order valence-electron chi connectivity index (χ0n) is 9.13. The lowest BCUT2D eigenvalue weighted by Crippen LogP contribution is -2.16. The van der Waals surface area contributed by atoms with Crippen molar-refractivity contribution in [1.29, 1.82) is 0 Å². The quantitative estimate of drug-likeness (QED) is 0.817. The van der Waals surface area contributed by atoms with Crippen LogP contribution in [-0.2, 0) is 0 Å². The lowest BCUT2D eigenvalue weighted by molar-refractivity contribution is 0.0843. The van der Waals surface area contributed by atoms with Crippen LogP contribution in [0.15, 0.2) is 18.2 Å². The van der Waals surface area contributed by atoms with E-state index >= 15 is 0 Å². The molecule has 1 aromatic rings. The van der Waals surface area contributed by atoms with E-state index in [0.717, 1.165) is 31.7 Å². The average Bonchev–Trinajstić information content (AvgIpc) is 2.28. The van der Waals surface area contributed by atoms with Crippen LogP contribution in [0.25, 0.3) is 0 Å². The topological polar surface area (TPSA) is 20.2 Å². The van der Waals surface area contributed by atoms with Crippen LogP contribution in [0.3, 0.4) is 0 Å². The maximum absolute atomic E-state index is 13.0. The van der Waals surface area contributed by atoms with Crippen LogP contribution in [0.1, 0.15) is 43.8 Å². The molecule has 0 heterocycles. The van der Waals surface area contributed by atoms with Crippen LogP contribution in [0.5, 0.6) is 0 Å². The second kappa shape index (κ2) is 4.91. The molecular formula is C13H16F2O. The second-order valence-corrected chi connectivity index (χ2v) is 4.55. The van der Waals surface area contributed by atoms with Crippen LogP contribution < -0.4 is 0 Å². The molecule has 0 amide bonds. The molecule has 1 fully saturated rings. The molecule has 3 heteroatoms. The first-order valence-electron chi connectivity index (χ1n) is 5.81. The zero-order valence-corrected chi connectivity index (χ0v) is 9.13. The van der Waals surface area contributed by atoms with Crippen molar-refractivity contribution in [3.63, 3.8) is 0 Å². The van der Waals surface area contributed by atoms with Gasteiger partial charge in [0.25, 0.3) is 0 Å². The van der Waals surface area contributed by atoms with Gasteiger partial charge < -0.3 is 5.11 Å². The maximum Gasteiger partial charge on any atom is 0.126 e. The highest BCUT2D eigenvalue weighted by molar-refractivity contribution is 5.20. The smallest absolute Gasteiger partial charge is 0.126 e. The molecule has 2 rings (SSSR count). The fourth-order valence-electron chi connectivity index (χ4n) is 2.47. The largest absolute Gasteiger partial charge is 0.388 e. The van der Waals surface area contributed by atoms with E-state index in [0.29, 0.717) is 5.56 Å². The zero-order chi connectivity index (χ0) is 11.5. The third-order valence-corrected chi connectivity index (χ3v) is 3.32. The summed E-state index contributed by atoms with van der Waals surface area (Å²) in [7, 11) is 0. The third kappa shape index (κ3) is 2.59. The van der Waals surface area contributed by atoms with Crippen molar-refractivity contribution in [2.45, 2.75) is 38.2 Å². The number of aliphatic hydroxyl groups excluding tert-OH is 1. The monoisotopic (exact) mass is 226 g/mol. The summed E-state index contributed by atoms with van der Waals surface area (Å²) in [5.74, 6) is -1.09. The van der Waals surface area contributed by atoms with Gasteiger partial charge in [-0.15, -0.1) is 0 Å². The van der Waals surface area contributed by atoms with E-state index in [1.54, 1.807) is 0 Å². The highest BCUT2D eigenvalue weighted by Gasteiger charge is 2.23. The Balaban J connectivity index is 2.15. The molecule has 0 bridgehead atoms. The standard InChI is InChI=1S/C13H16F2O/c14-11-6-10(7-12(15)8-11)13(16)9-4-2-1-3-5-9/h6-9,13,16H,1-5H2/t13-/m0/s1. The number of aliphatic hydroxyl groups is 1. The maximum atomic E-state index is 13.0. The van der Waals surface area contributed by atoms with E-state index in [1.165, 1.54) is 18.6 Å². The van der Waals surface area contributed by atoms with Gasteiger partial charge in [0.1, 0.15) is 11.6 Å². The number of benzene rings is 1. The minimum atomic E-state index is -0.731. The second-order valence-electron chi connectivity index (χ2n) is 4.55. The van der Waals surface area contributed by atoms with Crippen LogP contribution in [-0.4, -0.2) is 5.11 Å². The van der Waals surface area contributed by atoms with E-state index in [4.69, 9.17) is 0 Å². The summed E-state index contributed by atoms with van der Waals surface area (Å²) in [5.41, 5.74) is 0.365. The van der Waals surface area contributed by atoms with Crippen molar-refractivity contribution >= 4 is 0 Å². The molecule has 1 N–H and O–H groups in total. The van der Waals surface area contributed by atoms with Crippen molar-refractivity contribution in [2.75, 3.05) is 0 Å².